The summed E-state index contributed by atoms with van der Waals surface area (Å²) in [7, 11) is 1.64. The highest BCUT2D eigenvalue weighted by Gasteiger charge is 2.14. The molecule has 148 valence electrons. The SMILES string of the molecule is Cc1cccc(C)c1NC(=O)CN(C)CC(=O)NC(=O)NCc1ccccc1. The number of benzene rings is 2. The minimum atomic E-state index is -0.567. The van der Waals surface area contributed by atoms with Crippen LogP contribution in [0.5, 0.6) is 0 Å². The van der Waals surface area contributed by atoms with E-state index >= 15 is 0 Å². The van der Waals surface area contributed by atoms with Gasteiger partial charge >= 0.3 is 6.03 Å². The molecule has 0 atom stereocenters. The van der Waals surface area contributed by atoms with Crippen molar-refractivity contribution >= 4 is 23.5 Å². The molecular formula is C21H26N4O3. The van der Waals surface area contributed by atoms with Gasteiger partial charge in [0, 0.05) is 12.2 Å². The van der Waals surface area contributed by atoms with Gasteiger partial charge in [-0.3, -0.25) is 19.8 Å². The van der Waals surface area contributed by atoms with Crippen LogP contribution >= 0.6 is 0 Å². The Morgan fingerprint density at radius 2 is 1.46 bits per heavy atom. The van der Waals surface area contributed by atoms with Crippen LogP contribution in [0.3, 0.4) is 0 Å². The lowest BCUT2D eigenvalue weighted by Crippen LogP contribution is -2.44. The first-order chi connectivity index (χ1) is 13.3. The summed E-state index contributed by atoms with van der Waals surface area (Å²) < 4.78 is 0. The average molecular weight is 382 g/mol. The molecule has 0 aromatic heterocycles. The molecular weight excluding hydrogens is 356 g/mol. The van der Waals surface area contributed by atoms with Gasteiger partial charge in [0.15, 0.2) is 0 Å². The molecule has 0 aliphatic heterocycles. The van der Waals surface area contributed by atoms with Crippen LogP contribution in [0.2, 0.25) is 0 Å². The molecule has 4 amide bonds. The maximum absolute atomic E-state index is 12.2. The molecule has 0 heterocycles. The second-order valence-electron chi connectivity index (χ2n) is 6.70. The number of imide groups is 1. The Morgan fingerprint density at radius 3 is 2.11 bits per heavy atom. The summed E-state index contributed by atoms with van der Waals surface area (Å²) in [5.74, 6) is -0.700. The van der Waals surface area contributed by atoms with Gasteiger partial charge < -0.3 is 10.6 Å². The summed E-state index contributed by atoms with van der Waals surface area (Å²) in [6, 6.07) is 14.6. The van der Waals surface area contributed by atoms with Gasteiger partial charge in [0.05, 0.1) is 13.1 Å². The van der Waals surface area contributed by atoms with E-state index in [0.717, 1.165) is 22.4 Å². The molecule has 0 saturated heterocycles. The number of nitrogens with one attached hydrogen (secondary N) is 3. The normalized spacial score (nSPS) is 10.4. The van der Waals surface area contributed by atoms with Gasteiger partial charge in [-0.25, -0.2) is 4.79 Å². The average Bonchev–Trinajstić information content (AvgIpc) is 2.63. The molecule has 0 unspecified atom stereocenters. The van der Waals surface area contributed by atoms with Crippen LogP contribution in [0.4, 0.5) is 10.5 Å². The van der Waals surface area contributed by atoms with E-state index in [0.29, 0.717) is 6.54 Å². The molecule has 28 heavy (non-hydrogen) atoms. The van der Waals surface area contributed by atoms with Crippen molar-refractivity contribution < 1.29 is 14.4 Å². The minimum absolute atomic E-state index is 0.0346. The van der Waals surface area contributed by atoms with E-state index in [-0.39, 0.29) is 19.0 Å². The molecule has 0 bridgehead atoms. The van der Waals surface area contributed by atoms with Gasteiger partial charge in [-0.05, 0) is 37.6 Å². The smallest absolute Gasteiger partial charge is 0.321 e. The third kappa shape index (κ3) is 6.85. The lowest BCUT2D eigenvalue weighted by Gasteiger charge is -2.17. The second-order valence-corrected chi connectivity index (χ2v) is 6.70. The second kappa shape index (κ2) is 10.2. The Balaban J connectivity index is 1.74. The maximum Gasteiger partial charge on any atom is 0.321 e. The number of aryl methyl sites for hydroxylation is 2. The Hall–Kier alpha value is -3.19. The summed E-state index contributed by atoms with van der Waals surface area (Å²) in [6.45, 7) is 4.14. The number of carbonyl (C=O) groups excluding carboxylic acids is 3. The summed E-state index contributed by atoms with van der Waals surface area (Å²) in [5.41, 5.74) is 3.67. The quantitative estimate of drug-likeness (QED) is 0.685. The van der Waals surface area contributed by atoms with E-state index in [1.54, 1.807) is 11.9 Å². The van der Waals surface area contributed by atoms with Gasteiger partial charge in [-0.2, -0.15) is 0 Å². The number of anilines is 1. The predicted octanol–water partition coefficient (Wildman–Crippen LogP) is 2.20. The zero-order valence-corrected chi connectivity index (χ0v) is 16.4. The molecule has 7 nitrogen and oxygen atoms in total. The van der Waals surface area contributed by atoms with Crippen molar-refractivity contribution in [2.75, 3.05) is 25.5 Å². The molecule has 0 aliphatic carbocycles. The fourth-order valence-electron chi connectivity index (χ4n) is 2.73. The van der Waals surface area contributed by atoms with Crippen molar-refractivity contribution in [1.29, 1.82) is 0 Å². The Labute approximate surface area is 165 Å². The van der Waals surface area contributed by atoms with E-state index in [2.05, 4.69) is 16.0 Å². The van der Waals surface area contributed by atoms with E-state index in [9.17, 15) is 14.4 Å². The van der Waals surface area contributed by atoms with Crippen LogP contribution in [0, 0.1) is 13.8 Å². The monoisotopic (exact) mass is 382 g/mol. The first-order valence-corrected chi connectivity index (χ1v) is 9.01. The summed E-state index contributed by atoms with van der Waals surface area (Å²) in [4.78, 5) is 37.6. The van der Waals surface area contributed by atoms with Crippen molar-refractivity contribution in [3.63, 3.8) is 0 Å². The van der Waals surface area contributed by atoms with Crippen molar-refractivity contribution in [3.8, 4) is 0 Å². The molecule has 2 rings (SSSR count). The minimum Gasteiger partial charge on any atom is -0.334 e. The zero-order chi connectivity index (χ0) is 20.5. The zero-order valence-electron chi connectivity index (χ0n) is 16.4. The first kappa shape index (κ1) is 21.1. The Kier molecular flexibility index (Phi) is 7.71. The summed E-state index contributed by atoms with van der Waals surface area (Å²) >= 11 is 0. The number of amides is 4. The fourth-order valence-corrected chi connectivity index (χ4v) is 2.73. The fraction of sp³-hybridized carbons (Fsp3) is 0.286. The van der Waals surface area contributed by atoms with Crippen LogP contribution < -0.4 is 16.0 Å². The number of carbonyl (C=O) groups is 3. The van der Waals surface area contributed by atoms with E-state index in [1.807, 2.05) is 62.4 Å². The number of rotatable bonds is 7. The van der Waals surface area contributed by atoms with Crippen molar-refractivity contribution in [2.45, 2.75) is 20.4 Å². The Bertz CT molecular complexity index is 817. The lowest BCUT2D eigenvalue weighted by molar-refractivity contribution is -0.122. The topological polar surface area (TPSA) is 90.5 Å². The number of hydrogen-bond donors (Lipinski definition) is 3. The first-order valence-electron chi connectivity index (χ1n) is 9.01. The van der Waals surface area contributed by atoms with Gasteiger partial charge in [-0.15, -0.1) is 0 Å². The van der Waals surface area contributed by atoms with Crippen LogP contribution in [0.15, 0.2) is 48.5 Å². The van der Waals surface area contributed by atoms with E-state index < -0.39 is 11.9 Å². The van der Waals surface area contributed by atoms with Crippen molar-refractivity contribution in [1.82, 2.24) is 15.5 Å². The molecule has 7 heteroatoms. The molecule has 0 saturated carbocycles. The number of likely N-dealkylation sites (N-methyl/N-ethyl adjacent to an activating group) is 1. The van der Waals surface area contributed by atoms with Crippen LogP contribution in [0.25, 0.3) is 0 Å². The van der Waals surface area contributed by atoms with Gasteiger partial charge in [0.2, 0.25) is 11.8 Å². The van der Waals surface area contributed by atoms with Crippen LogP contribution in [-0.2, 0) is 16.1 Å². The highest BCUT2D eigenvalue weighted by molar-refractivity contribution is 5.96. The van der Waals surface area contributed by atoms with Crippen LogP contribution in [-0.4, -0.2) is 42.9 Å². The number of para-hydroxylation sites is 1. The van der Waals surface area contributed by atoms with Gasteiger partial charge in [0.25, 0.3) is 0 Å². The molecule has 3 N–H and O–H groups in total. The summed E-state index contributed by atoms with van der Waals surface area (Å²) in [6.07, 6.45) is 0. The highest BCUT2D eigenvalue weighted by atomic mass is 16.2. The molecule has 0 aliphatic rings. The lowest BCUT2D eigenvalue weighted by atomic mass is 10.1. The molecule has 0 fully saturated rings. The van der Waals surface area contributed by atoms with Gasteiger partial charge in [-0.1, -0.05) is 48.5 Å². The third-order valence-corrected chi connectivity index (χ3v) is 4.12. The molecule has 2 aromatic rings. The number of hydrogen-bond acceptors (Lipinski definition) is 4. The van der Waals surface area contributed by atoms with Crippen LogP contribution in [0.1, 0.15) is 16.7 Å². The Morgan fingerprint density at radius 1 is 0.857 bits per heavy atom. The molecule has 0 spiro atoms. The largest absolute Gasteiger partial charge is 0.334 e. The van der Waals surface area contributed by atoms with E-state index in [4.69, 9.17) is 0 Å². The standard InChI is InChI=1S/C21H26N4O3/c1-15-8-7-9-16(2)20(15)23-18(26)13-25(3)14-19(27)24-21(28)22-12-17-10-5-4-6-11-17/h4-11H,12-14H2,1-3H3,(H,23,26)(H2,22,24,27,28). The summed E-state index contributed by atoms with van der Waals surface area (Å²) in [5, 5.41) is 7.75. The number of urea groups is 1. The van der Waals surface area contributed by atoms with Gasteiger partial charge in [0.1, 0.15) is 0 Å². The third-order valence-electron chi connectivity index (χ3n) is 4.12. The molecule has 0 radical (unpaired) electrons. The molecule has 2 aromatic carbocycles. The maximum atomic E-state index is 12.2. The predicted molar refractivity (Wildman–Crippen MR) is 109 cm³/mol. The van der Waals surface area contributed by atoms with E-state index in [1.165, 1.54) is 0 Å². The highest BCUT2D eigenvalue weighted by Crippen LogP contribution is 2.19. The number of nitrogens with zero attached hydrogens (tertiary/aromatic N) is 1. The van der Waals surface area contributed by atoms with Crippen molar-refractivity contribution in [2.24, 2.45) is 0 Å². The van der Waals surface area contributed by atoms with Crippen molar-refractivity contribution in [3.05, 3.63) is 65.2 Å².